The molecule has 0 radical (unpaired) electrons. The first-order valence-electron chi connectivity index (χ1n) is 11.6. The van der Waals surface area contributed by atoms with Gasteiger partial charge in [-0.05, 0) is 52.6 Å². The molecule has 0 amide bonds. The van der Waals surface area contributed by atoms with Gasteiger partial charge in [0, 0.05) is 23.7 Å². The predicted molar refractivity (Wildman–Crippen MR) is 144 cm³/mol. The molecule has 0 spiro atoms. The number of aryl methyl sites for hydroxylation is 1. The zero-order valence-corrected chi connectivity index (χ0v) is 20.1. The number of benzene rings is 3. The normalized spacial score (nSPS) is 13.2. The van der Waals surface area contributed by atoms with Crippen molar-refractivity contribution in [3.8, 4) is 16.4 Å². The van der Waals surface area contributed by atoms with Gasteiger partial charge in [0.1, 0.15) is 10.8 Å². The van der Waals surface area contributed by atoms with Gasteiger partial charge in [-0.1, -0.05) is 54.6 Å². The number of allylic oxidation sites excluding steroid dienone is 1. The van der Waals surface area contributed by atoms with Crippen LogP contribution in [0.5, 0.6) is 0 Å². The van der Waals surface area contributed by atoms with Gasteiger partial charge < -0.3 is 4.57 Å². The van der Waals surface area contributed by atoms with Crippen molar-refractivity contribution in [2.24, 2.45) is 7.05 Å². The first-order chi connectivity index (χ1) is 17.6. The lowest BCUT2D eigenvalue weighted by Gasteiger charge is -2.05. The minimum atomic E-state index is -0.235. The van der Waals surface area contributed by atoms with Crippen molar-refractivity contribution in [2.75, 3.05) is 0 Å². The summed E-state index contributed by atoms with van der Waals surface area (Å²) in [5.74, 6) is 0.389. The SMILES string of the molecule is Cn1c(-c2ccccc2)nc2c1cc(C=C1C(=O)c3cc4ccccc4cc3C1=O)n2-c1cccs1. The van der Waals surface area contributed by atoms with E-state index in [0.29, 0.717) is 11.1 Å². The quantitative estimate of drug-likeness (QED) is 0.207. The van der Waals surface area contributed by atoms with Crippen molar-refractivity contribution < 1.29 is 9.59 Å². The summed E-state index contributed by atoms with van der Waals surface area (Å²) in [5, 5.41) is 4.87. The molecule has 172 valence electrons. The Morgan fingerprint density at radius 3 is 2.11 bits per heavy atom. The summed E-state index contributed by atoms with van der Waals surface area (Å²) < 4.78 is 4.08. The Morgan fingerprint density at radius 1 is 0.806 bits per heavy atom. The van der Waals surface area contributed by atoms with Crippen molar-refractivity contribution in [3.05, 3.63) is 113 Å². The molecule has 3 aromatic carbocycles. The van der Waals surface area contributed by atoms with Crippen molar-refractivity contribution in [3.63, 3.8) is 0 Å². The minimum absolute atomic E-state index is 0.184. The summed E-state index contributed by atoms with van der Waals surface area (Å²) in [7, 11) is 1.99. The number of hydrogen-bond donors (Lipinski definition) is 0. The number of imidazole rings is 1. The molecule has 3 heterocycles. The van der Waals surface area contributed by atoms with Gasteiger partial charge in [0.25, 0.3) is 0 Å². The monoisotopic (exact) mass is 485 g/mol. The van der Waals surface area contributed by atoms with Crippen molar-refractivity contribution in [2.45, 2.75) is 0 Å². The average molecular weight is 486 g/mol. The number of hydrogen-bond acceptors (Lipinski definition) is 4. The van der Waals surface area contributed by atoms with Crippen LogP contribution in [0.4, 0.5) is 0 Å². The summed E-state index contributed by atoms with van der Waals surface area (Å²) in [5.41, 5.74) is 4.60. The molecule has 3 aromatic heterocycles. The molecule has 0 fully saturated rings. The summed E-state index contributed by atoms with van der Waals surface area (Å²) in [6.07, 6.45) is 1.72. The van der Waals surface area contributed by atoms with Gasteiger partial charge in [-0.3, -0.25) is 14.2 Å². The van der Waals surface area contributed by atoms with Crippen LogP contribution in [0, 0.1) is 0 Å². The topological polar surface area (TPSA) is 56.9 Å². The van der Waals surface area contributed by atoms with E-state index in [1.165, 1.54) is 0 Å². The van der Waals surface area contributed by atoms with E-state index < -0.39 is 0 Å². The maximum Gasteiger partial charge on any atom is 0.197 e. The second-order valence-corrected chi connectivity index (χ2v) is 9.81. The van der Waals surface area contributed by atoms with Crippen LogP contribution < -0.4 is 0 Å². The van der Waals surface area contributed by atoms with Crippen LogP contribution in [-0.4, -0.2) is 25.7 Å². The Bertz CT molecular complexity index is 1820. The number of nitrogens with zero attached hydrogens (tertiary/aromatic N) is 3. The summed E-state index contributed by atoms with van der Waals surface area (Å²) in [4.78, 5) is 31.8. The van der Waals surface area contributed by atoms with E-state index in [0.717, 1.165) is 44.0 Å². The third kappa shape index (κ3) is 2.98. The van der Waals surface area contributed by atoms with Crippen LogP contribution in [-0.2, 0) is 7.05 Å². The van der Waals surface area contributed by atoms with Crippen LogP contribution in [0.15, 0.2) is 95.9 Å². The first kappa shape index (κ1) is 20.8. The van der Waals surface area contributed by atoms with E-state index in [9.17, 15) is 9.59 Å². The van der Waals surface area contributed by atoms with Gasteiger partial charge in [-0.15, -0.1) is 11.3 Å². The smallest absolute Gasteiger partial charge is 0.197 e. The number of ketones is 2. The van der Waals surface area contributed by atoms with Crippen molar-refractivity contribution >= 4 is 50.9 Å². The molecule has 1 aliphatic rings. The summed E-state index contributed by atoms with van der Waals surface area (Å²) in [6.45, 7) is 0. The van der Waals surface area contributed by atoms with Gasteiger partial charge in [0.15, 0.2) is 17.2 Å². The molecule has 0 saturated heterocycles. The van der Waals surface area contributed by atoms with Crippen LogP contribution in [0.1, 0.15) is 26.4 Å². The largest absolute Gasteiger partial charge is 0.326 e. The van der Waals surface area contributed by atoms with Gasteiger partial charge in [0.05, 0.1) is 16.8 Å². The fourth-order valence-corrected chi connectivity index (χ4v) is 5.77. The van der Waals surface area contributed by atoms with Gasteiger partial charge >= 0.3 is 0 Å². The lowest BCUT2D eigenvalue weighted by Crippen LogP contribution is -2.02. The Balaban J connectivity index is 1.42. The van der Waals surface area contributed by atoms with Crippen LogP contribution in [0.2, 0.25) is 0 Å². The number of carbonyl (C=O) groups excluding carboxylic acids is 2. The third-order valence-electron chi connectivity index (χ3n) is 6.79. The molecule has 0 aliphatic heterocycles. The second kappa shape index (κ2) is 7.73. The zero-order chi connectivity index (χ0) is 24.4. The highest BCUT2D eigenvalue weighted by atomic mass is 32.1. The van der Waals surface area contributed by atoms with E-state index in [1.54, 1.807) is 17.4 Å². The standard InChI is InChI=1S/C30H19N3O2S/c1-32-25-17-21(16-24-27(34)22-14-19-10-5-6-11-20(19)15-23(22)28(24)35)33(26-12-7-13-36-26)30(25)31-29(32)18-8-3-2-4-9-18/h2-17H,1H3. The molecular weight excluding hydrogens is 466 g/mol. The highest BCUT2D eigenvalue weighted by molar-refractivity contribution is 7.12. The predicted octanol–water partition coefficient (Wildman–Crippen LogP) is 6.71. The fourth-order valence-electron chi connectivity index (χ4n) is 5.02. The maximum absolute atomic E-state index is 13.4. The van der Waals surface area contributed by atoms with Gasteiger partial charge in [0.2, 0.25) is 0 Å². The molecule has 6 heteroatoms. The highest BCUT2D eigenvalue weighted by Crippen LogP contribution is 2.35. The number of carbonyl (C=O) groups is 2. The molecular formula is C30H19N3O2S. The lowest BCUT2D eigenvalue weighted by molar-refractivity contribution is 0.0990. The molecule has 0 unspecified atom stereocenters. The Hall–Kier alpha value is -4.55. The Labute approximate surface area is 210 Å². The highest BCUT2D eigenvalue weighted by Gasteiger charge is 2.34. The number of aromatic nitrogens is 3. The van der Waals surface area contributed by atoms with E-state index in [-0.39, 0.29) is 17.1 Å². The lowest BCUT2D eigenvalue weighted by atomic mass is 10.0. The number of fused-ring (bicyclic) bond motifs is 3. The van der Waals surface area contributed by atoms with E-state index >= 15 is 0 Å². The number of rotatable bonds is 3. The summed E-state index contributed by atoms with van der Waals surface area (Å²) >= 11 is 1.58. The van der Waals surface area contributed by atoms with E-state index in [4.69, 9.17) is 4.98 Å². The third-order valence-corrected chi connectivity index (χ3v) is 7.64. The molecule has 7 rings (SSSR count). The molecule has 6 aromatic rings. The molecule has 1 aliphatic carbocycles. The van der Waals surface area contributed by atoms with Crippen LogP contribution in [0.3, 0.4) is 0 Å². The van der Waals surface area contributed by atoms with Crippen LogP contribution in [0.25, 0.3) is 44.4 Å². The Kier molecular flexibility index (Phi) is 4.46. The molecule has 5 nitrogen and oxygen atoms in total. The number of Topliss-reactive ketones (excluding diaryl/α,β-unsaturated/α-hetero) is 2. The van der Waals surface area contributed by atoms with E-state index in [1.807, 2.05) is 102 Å². The summed E-state index contributed by atoms with van der Waals surface area (Å²) in [6, 6.07) is 27.5. The average Bonchev–Trinajstić information content (AvgIpc) is 3.66. The van der Waals surface area contributed by atoms with Gasteiger partial charge in [-0.2, -0.15) is 0 Å². The molecule has 0 atom stereocenters. The Morgan fingerprint density at radius 2 is 1.47 bits per heavy atom. The van der Waals surface area contributed by atoms with Gasteiger partial charge in [-0.25, -0.2) is 4.98 Å². The minimum Gasteiger partial charge on any atom is -0.326 e. The van der Waals surface area contributed by atoms with Crippen LogP contribution >= 0.6 is 11.3 Å². The number of thiophene rings is 1. The molecule has 36 heavy (non-hydrogen) atoms. The fraction of sp³-hybridized carbons (Fsp3) is 0.0333. The first-order valence-corrected chi connectivity index (χ1v) is 12.5. The molecule has 0 N–H and O–H groups in total. The van der Waals surface area contributed by atoms with Crippen molar-refractivity contribution in [1.29, 1.82) is 0 Å². The zero-order valence-electron chi connectivity index (χ0n) is 19.3. The van der Waals surface area contributed by atoms with Crippen molar-refractivity contribution in [1.82, 2.24) is 14.1 Å². The maximum atomic E-state index is 13.4. The second-order valence-electron chi connectivity index (χ2n) is 8.89. The molecule has 0 saturated carbocycles. The van der Waals surface area contributed by atoms with E-state index in [2.05, 4.69) is 4.57 Å². The molecule has 0 bridgehead atoms.